The molecule has 23 heavy (non-hydrogen) atoms. The average molecular weight is 309 g/mol. The van der Waals surface area contributed by atoms with Gasteiger partial charge < -0.3 is 9.47 Å². The molecule has 0 saturated carbocycles. The molecule has 5 heteroatoms. The van der Waals surface area contributed by atoms with Crippen LogP contribution in [-0.4, -0.2) is 30.9 Å². The summed E-state index contributed by atoms with van der Waals surface area (Å²) in [5.41, 5.74) is 2.48. The van der Waals surface area contributed by atoms with Gasteiger partial charge in [0, 0.05) is 23.3 Å². The van der Waals surface area contributed by atoms with Crippen molar-refractivity contribution in [3.63, 3.8) is 0 Å². The number of aryl methyl sites for hydroxylation is 1. The second kappa shape index (κ2) is 7.35. The van der Waals surface area contributed by atoms with Crippen molar-refractivity contribution in [1.29, 1.82) is 0 Å². The van der Waals surface area contributed by atoms with Crippen LogP contribution in [0.15, 0.2) is 47.6 Å². The monoisotopic (exact) mass is 309 g/mol. The van der Waals surface area contributed by atoms with Crippen molar-refractivity contribution < 1.29 is 9.47 Å². The molecular weight excluding hydrogens is 290 g/mol. The lowest BCUT2D eigenvalue weighted by Gasteiger charge is -2.10. The van der Waals surface area contributed by atoms with Crippen LogP contribution in [0.3, 0.4) is 0 Å². The zero-order chi connectivity index (χ0) is 16.8. The Morgan fingerprint density at radius 1 is 1.17 bits per heavy atom. The van der Waals surface area contributed by atoms with Crippen molar-refractivity contribution in [2.45, 2.75) is 6.92 Å². The lowest BCUT2D eigenvalue weighted by atomic mass is 10.1. The van der Waals surface area contributed by atoms with E-state index in [9.17, 15) is 0 Å². The van der Waals surface area contributed by atoms with Gasteiger partial charge in [0.2, 0.25) is 0 Å². The van der Waals surface area contributed by atoms with Crippen LogP contribution in [0, 0.1) is 6.92 Å². The molecule has 0 spiro atoms. The molecule has 1 aromatic carbocycles. The Morgan fingerprint density at radius 2 is 1.87 bits per heavy atom. The summed E-state index contributed by atoms with van der Waals surface area (Å²) >= 11 is 0. The summed E-state index contributed by atoms with van der Waals surface area (Å²) in [7, 11) is 3.20. The minimum Gasteiger partial charge on any atom is -0.493 e. The van der Waals surface area contributed by atoms with E-state index in [1.54, 1.807) is 26.5 Å². The molecule has 118 valence electrons. The molecule has 0 N–H and O–H groups in total. The number of methoxy groups -OCH3 is 2. The Bertz CT molecular complexity index is 808. The van der Waals surface area contributed by atoms with E-state index in [0.29, 0.717) is 17.3 Å². The largest absolute Gasteiger partial charge is 0.493 e. The third-order valence-electron chi connectivity index (χ3n) is 3.31. The first-order valence-corrected chi connectivity index (χ1v) is 6.99. The predicted molar refractivity (Wildman–Crippen MR) is 94.2 cm³/mol. The van der Waals surface area contributed by atoms with Gasteiger partial charge in [-0.2, -0.15) is 0 Å². The molecule has 0 aliphatic rings. The van der Waals surface area contributed by atoms with Gasteiger partial charge in [0.25, 0.3) is 0 Å². The molecule has 0 aliphatic heterocycles. The Hall–Kier alpha value is -2.95. The van der Waals surface area contributed by atoms with Gasteiger partial charge in [0.15, 0.2) is 17.3 Å². The molecule has 0 saturated heterocycles. The molecule has 1 aromatic heterocycles. The molecule has 0 unspecified atom stereocenters. The number of allylic oxidation sites excluding steroid dienone is 3. The third-order valence-corrected chi connectivity index (χ3v) is 3.31. The number of fused-ring (bicyclic) bond motifs is 1. The van der Waals surface area contributed by atoms with Crippen LogP contribution in [0.5, 0.6) is 11.5 Å². The number of rotatable bonds is 6. The minimum absolute atomic E-state index is 0.596. The highest BCUT2D eigenvalue weighted by Crippen LogP contribution is 2.32. The summed E-state index contributed by atoms with van der Waals surface area (Å²) in [4.78, 5) is 12.8. The highest BCUT2D eigenvalue weighted by molar-refractivity contribution is 5.85. The van der Waals surface area contributed by atoms with Crippen LogP contribution < -0.4 is 9.47 Å². The van der Waals surface area contributed by atoms with E-state index in [0.717, 1.165) is 22.2 Å². The number of hydrogen-bond acceptors (Lipinski definition) is 5. The van der Waals surface area contributed by atoms with E-state index < -0.39 is 0 Å². The van der Waals surface area contributed by atoms with Crippen LogP contribution in [0.4, 0.5) is 0 Å². The van der Waals surface area contributed by atoms with E-state index in [1.165, 1.54) is 0 Å². The highest BCUT2D eigenvalue weighted by Gasteiger charge is 2.10. The summed E-state index contributed by atoms with van der Waals surface area (Å²) in [6.07, 6.45) is 6.95. The molecule has 1 heterocycles. The standard InChI is InChI=1S/C18H19N3O2/c1-6-13(11-19-3)7-8-18-20-12(2)14-9-16(22-4)17(23-5)10-15(14)21-18/h6-11H,1,3H2,2,4-5H3/b8-7+,13-11+. The fourth-order valence-electron chi connectivity index (χ4n) is 2.15. The molecule has 0 radical (unpaired) electrons. The van der Waals surface area contributed by atoms with Gasteiger partial charge >= 0.3 is 0 Å². The summed E-state index contributed by atoms with van der Waals surface area (Å²) in [6, 6.07) is 3.73. The maximum Gasteiger partial charge on any atom is 0.162 e. The molecule has 0 amide bonds. The second-order valence-corrected chi connectivity index (χ2v) is 4.74. The summed E-state index contributed by atoms with van der Waals surface area (Å²) in [5.74, 6) is 1.89. The molecule has 0 bridgehead atoms. The van der Waals surface area contributed by atoms with E-state index in [-0.39, 0.29) is 0 Å². The minimum atomic E-state index is 0.596. The Balaban J connectivity index is 2.52. The summed E-state index contributed by atoms with van der Waals surface area (Å²) < 4.78 is 10.6. The number of nitrogens with zero attached hydrogens (tertiary/aromatic N) is 3. The van der Waals surface area contributed by atoms with Crippen molar-refractivity contribution in [1.82, 2.24) is 9.97 Å². The van der Waals surface area contributed by atoms with Gasteiger partial charge in [-0.15, -0.1) is 0 Å². The molecule has 5 nitrogen and oxygen atoms in total. The van der Waals surface area contributed by atoms with Gasteiger partial charge in [-0.1, -0.05) is 12.7 Å². The lowest BCUT2D eigenvalue weighted by Crippen LogP contribution is -1.96. The fraction of sp³-hybridized carbons (Fsp3) is 0.167. The van der Waals surface area contributed by atoms with Crippen LogP contribution in [0.1, 0.15) is 11.5 Å². The van der Waals surface area contributed by atoms with E-state index in [4.69, 9.17) is 9.47 Å². The molecule has 0 fully saturated rings. The van der Waals surface area contributed by atoms with Crippen molar-refractivity contribution >= 4 is 23.7 Å². The maximum absolute atomic E-state index is 5.33. The Labute approximate surface area is 135 Å². The van der Waals surface area contributed by atoms with Crippen LogP contribution in [-0.2, 0) is 0 Å². The first kappa shape index (κ1) is 16.4. The molecule has 2 rings (SSSR count). The number of ether oxygens (including phenoxy) is 2. The van der Waals surface area contributed by atoms with E-state index >= 15 is 0 Å². The predicted octanol–water partition coefficient (Wildman–Crippen LogP) is 3.74. The average Bonchev–Trinajstić information content (AvgIpc) is 2.57. The Kier molecular flexibility index (Phi) is 5.25. The number of benzene rings is 1. The van der Waals surface area contributed by atoms with Crippen molar-refractivity contribution in [3.05, 3.63) is 54.2 Å². The number of aromatic nitrogens is 2. The van der Waals surface area contributed by atoms with Gasteiger partial charge in [-0.05, 0) is 37.4 Å². The highest BCUT2D eigenvalue weighted by atomic mass is 16.5. The van der Waals surface area contributed by atoms with Crippen LogP contribution in [0.2, 0.25) is 0 Å². The maximum atomic E-state index is 5.33. The molecule has 2 aromatic rings. The van der Waals surface area contributed by atoms with Gasteiger partial charge in [0.1, 0.15) is 0 Å². The third kappa shape index (κ3) is 3.63. The fourth-order valence-corrected chi connectivity index (χ4v) is 2.15. The summed E-state index contributed by atoms with van der Waals surface area (Å²) in [5, 5.41) is 0.923. The second-order valence-electron chi connectivity index (χ2n) is 4.74. The summed E-state index contributed by atoms with van der Waals surface area (Å²) in [6.45, 7) is 9.08. The zero-order valence-corrected chi connectivity index (χ0v) is 13.5. The quantitative estimate of drug-likeness (QED) is 0.602. The first-order valence-electron chi connectivity index (χ1n) is 6.99. The van der Waals surface area contributed by atoms with E-state index in [2.05, 4.69) is 28.3 Å². The van der Waals surface area contributed by atoms with Crippen molar-refractivity contribution in [2.75, 3.05) is 14.2 Å². The van der Waals surface area contributed by atoms with Crippen LogP contribution in [0.25, 0.3) is 17.0 Å². The normalized spacial score (nSPS) is 11.7. The van der Waals surface area contributed by atoms with Crippen molar-refractivity contribution in [2.24, 2.45) is 4.99 Å². The zero-order valence-electron chi connectivity index (χ0n) is 13.5. The van der Waals surface area contributed by atoms with Gasteiger partial charge in [-0.3, -0.25) is 4.99 Å². The molecule has 0 aliphatic carbocycles. The molecular formula is C18H19N3O2. The van der Waals surface area contributed by atoms with Crippen LogP contribution >= 0.6 is 0 Å². The van der Waals surface area contributed by atoms with Crippen molar-refractivity contribution in [3.8, 4) is 11.5 Å². The van der Waals surface area contributed by atoms with Gasteiger partial charge in [0.05, 0.1) is 19.7 Å². The first-order chi connectivity index (χ1) is 11.1. The number of aliphatic imine (C=N–C) groups is 1. The topological polar surface area (TPSA) is 56.6 Å². The SMILES string of the molecule is C=CC(/C=C/c1nc(C)c2cc(OC)c(OC)cc2n1)=C\N=C. The molecule has 0 atom stereocenters. The van der Waals surface area contributed by atoms with E-state index in [1.807, 2.05) is 31.2 Å². The lowest BCUT2D eigenvalue weighted by molar-refractivity contribution is 0.355. The smallest absolute Gasteiger partial charge is 0.162 e. The Morgan fingerprint density at radius 3 is 2.48 bits per heavy atom. The number of hydrogen-bond donors (Lipinski definition) is 0. The van der Waals surface area contributed by atoms with Gasteiger partial charge in [-0.25, -0.2) is 9.97 Å².